The number of Topliss-reactive ketones (excluding diaryl/α,β-unsaturated/α-hetero) is 1. The minimum atomic E-state index is -0.0592. The first-order valence-corrected chi connectivity index (χ1v) is 7.19. The van der Waals surface area contributed by atoms with E-state index in [1.165, 1.54) is 6.92 Å². The maximum atomic E-state index is 11.6. The highest BCUT2D eigenvalue weighted by Gasteiger charge is 2.04. The molecule has 0 amide bonds. The van der Waals surface area contributed by atoms with Crippen LogP contribution in [-0.4, -0.2) is 17.8 Å². The minimum Gasteiger partial charge on any atom is -0.345 e. The Morgan fingerprint density at radius 1 is 1.30 bits per heavy atom. The zero-order valence-corrected chi connectivity index (χ0v) is 13.4. The molecule has 118 valence electrons. The molecule has 1 rings (SSSR count). The van der Waals surface area contributed by atoms with Crippen LogP contribution in [0.2, 0.25) is 0 Å². The third-order valence-electron chi connectivity index (χ3n) is 2.83. The van der Waals surface area contributed by atoms with Gasteiger partial charge < -0.3 is 10.7 Å². The van der Waals surface area contributed by atoms with E-state index in [0.29, 0.717) is 22.7 Å². The van der Waals surface area contributed by atoms with E-state index < -0.39 is 0 Å². The van der Waals surface area contributed by atoms with Crippen LogP contribution < -0.4 is 5.32 Å². The summed E-state index contributed by atoms with van der Waals surface area (Å²) in [6.07, 6.45) is 18.9. The third-order valence-corrected chi connectivity index (χ3v) is 2.83. The Labute approximate surface area is 137 Å². The average molecular weight is 307 g/mol. The monoisotopic (exact) mass is 307 g/mol. The van der Waals surface area contributed by atoms with E-state index in [9.17, 15) is 4.79 Å². The molecule has 0 saturated carbocycles. The number of carbonyl (C=O) groups is 1. The molecule has 0 atom stereocenters. The molecular weight excluding hydrogens is 286 g/mol. The van der Waals surface area contributed by atoms with Crippen LogP contribution in [0.15, 0.2) is 89.3 Å². The number of nitrogens with one attached hydrogen (secondary N) is 2. The Morgan fingerprint density at radius 3 is 2.74 bits per heavy atom. The summed E-state index contributed by atoms with van der Waals surface area (Å²) in [5, 5.41) is 10.5. The smallest absolute Gasteiger partial charge is 0.161 e. The fourth-order valence-corrected chi connectivity index (χ4v) is 1.60. The first-order valence-electron chi connectivity index (χ1n) is 7.19. The molecule has 0 aromatic carbocycles. The Morgan fingerprint density at radius 2 is 2.09 bits per heavy atom. The predicted octanol–water partition coefficient (Wildman–Crippen LogP) is 3.80. The van der Waals surface area contributed by atoms with Gasteiger partial charge in [-0.2, -0.15) is 0 Å². The first kappa shape index (κ1) is 18.0. The van der Waals surface area contributed by atoms with Gasteiger partial charge >= 0.3 is 0 Å². The van der Waals surface area contributed by atoms with Gasteiger partial charge in [0.25, 0.3) is 0 Å². The molecule has 1 heterocycles. The Kier molecular flexibility index (Phi) is 7.72. The normalized spacial score (nSPS) is 25.0. The van der Waals surface area contributed by atoms with Crippen molar-refractivity contribution in [2.75, 3.05) is 0 Å². The SMILES string of the molecule is C=C(/C=C\C=C/C)/C1=N/C(C=N)=C/C=C/C=C\C(C(C)=O)=C/N1. The molecule has 0 bridgehead atoms. The number of allylic oxidation sites excluding steroid dienone is 10. The number of amidine groups is 1. The summed E-state index contributed by atoms with van der Waals surface area (Å²) < 4.78 is 0. The zero-order chi connectivity index (χ0) is 17.1. The van der Waals surface area contributed by atoms with Gasteiger partial charge in [-0.25, -0.2) is 4.99 Å². The molecule has 0 spiro atoms. The van der Waals surface area contributed by atoms with Crippen LogP contribution in [0.3, 0.4) is 0 Å². The summed E-state index contributed by atoms with van der Waals surface area (Å²) in [5.74, 6) is 0.416. The van der Waals surface area contributed by atoms with E-state index in [0.717, 1.165) is 6.21 Å². The van der Waals surface area contributed by atoms with Gasteiger partial charge in [-0.1, -0.05) is 49.1 Å². The summed E-state index contributed by atoms with van der Waals surface area (Å²) >= 11 is 0. The lowest BCUT2D eigenvalue weighted by Crippen LogP contribution is -2.20. The van der Waals surface area contributed by atoms with E-state index in [1.54, 1.807) is 42.7 Å². The Hall–Kier alpha value is -3.01. The molecule has 0 aromatic heterocycles. The van der Waals surface area contributed by atoms with Crippen molar-refractivity contribution in [3.05, 3.63) is 84.3 Å². The highest BCUT2D eigenvalue weighted by atomic mass is 16.1. The fraction of sp³-hybridized carbons (Fsp3) is 0.105. The van der Waals surface area contributed by atoms with Crippen LogP contribution in [0.4, 0.5) is 0 Å². The van der Waals surface area contributed by atoms with Gasteiger partial charge in [-0.05, 0) is 26.0 Å². The number of carbonyl (C=O) groups excluding carboxylic acids is 1. The molecular formula is C19H21N3O. The van der Waals surface area contributed by atoms with Crippen molar-refractivity contribution in [2.24, 2.45) is 4.99 Å². The van der Waals surface area contributed by atoms with Gasteiger partial charge in [0.2, 0.25) is 0 Å². The first-order chi connectivity index (χ1) is 11.1. The average Bonchev–Trinajstić information content (AvgIpc) is 2.58. The van der Waals surface area contributed by atoms with Gasteiger partial charge in [-0.15, -0.1) is 0 Å². The van der Waals surface area contributed by atoms with Crippen molar-refractivity contribution >= 4 is 17.8 Å². The maximum Gasteiger partial charge on any atom is 0.161 e. The zero-order valence-electron chi connectivity index (χ0n) is 13.4. The van der Waals surface area contributed by atoms with Crippen LogP contribution in [-0.2, 0) is 4.79 Å². The number of ketones is 1. The molecule has 1 aliphatic rings. The van der Waals surface area contributed by atoms with Crippen molar-refractivity contribution in [1.29, 1.82) is 5.41 Å². The molecule has 0 fully saturated rings. The van der Waals surface area contributed by atoms with Crippen LogP contribution in [0.1, 0.15) is 13.8 Å². The topological polar surface area (TPSA) is 65.3 Å². The van der Waals surface area contributed by atoms with Crippen molar-refractivity contribution < 1.29 is 4.79 Å². The molecule has 23 heavy (non-hydrogen) atoms. The lowest BCUT2D eigenvalue weighted by molar-refractivity contribution is -0.113. The predicted molar refractivity (Wildman–Crippen MR) is 97.6 cm³/mol. The van der Waals surface area contributed by atoms with Crippen LogP contribution in [0.5, 0.6) is 0 Å². The van der Waals surface area contributed by atoms with E-state index >= 15 is 0 Å². The highest BCUT2D eigenvalue weighted by molar-refractivity contribution is 6.04. The summed E-state index contributed by atoms with van der Waals surface area (Å²) in [4.78, 5) is 16.0. The van der Waals surface area contributed by atoms with Gasteiger partial charge in [0, 0.05) is 23.6 Å². The molecule has 4 nitrogen and oxygen atoms in total. The largest absolute Gasteiger partial charge is 0.345 e. The molecule has 0 unspecified atom stereocenters. The summed E-state index contributed by atoms with van der Waals surface area (Å²) in [6, 6.07) is 0. The third kappa shape index (κ3) is 6.52. The van der Waals surface area contributed by atoms with Crippen molar-refractivity contribution in [1.82, 2.24) is 5.32 Å². The molecule has 1 aliphatic heterocycles. The number of hydrogen-bond acceptors (Lipinski definition) is 4. The summed E-state index contributed by atoms with van der Waals surface area (Å²) in [7, 11) is 0. The van der Waals surface area contributed by atoms with Crippen molar-refractivity contribution in [3.8, 4) is 0 Å². The summed E-state index contributed by atoms with van der Waals surface area (Å²) in [5.41, 5.74) is 1.63. The van der Waals surface area contributed by atoms with Crippen molar-refractivity contribution in [2.45, 2.75) is 13.8 Å². The standard InChI is InChI=1S/C19H21N3O/c1-4-5-7-10-15(2)19-21-14-17(16(3)23)11-8-6-9-12-18(13-20)22-19/h4-14,20H,2H2,1,3H3,(H,21,22)/b5-4-,9-6+,10-7-,11-8-,17-14+,18-12+,20-13?. The Balaban J connectivity index is 3.26. The second-order valence-electron chi connectivity index (χ2n) is 4.65. The van der Waals surface area contributed by atoms with Gasteiger partial charge in [0.1, 0.15) is 5.84 Å². The molecule has 2 N–H and O–H groups in total. The lowest BCUT2D eigenvalue weighted by atomic mass is 10.2. The van der Waals surface area contributed by atoms with Crippen LogP contribution >= 0.6 is 0 Å². The van der Waals surface area contributed by atoms with E-state index in [4.69, 9.17) is 5.41 Å². The van der Waals surface area contributed by atoms with Crippen molar-refractivity contribution in [3.63, 3.8) is 0 Å². The number of aliphatic imine (C=N–C) groups is 1. The second-order valence-corrected chi connectivity index (χ2v) is 4.65. The highest BCUT2D eigenvalue weighted by Crippen LogP contribution is 2.05. The molecule has 0 radical (unpaired) electrons. The van der Waals surface area contributed by atoms with E-state index in [1.807, 2.05) is 25.2 Å². The molecule has 0 aliphatic carbocycles. The van der Waals surface area contributed by atoms with Crippen LogP contribution in [0.25, 0.3) is 0 Å². The number of nitrogens with zero attached hydrogens (tertiary/aromatic N) is 1. The molecule has 0 saturated heterocycles. The van der Waals surface area contributed by atoms with Crippen LogP contribution in [0, 0.1) is 5.41 Å². The number of hydrogen-bond donors (Lipinski definition) is 2. The molecule has 4 heteroatoms. The molecule has 0 aromatic rings. The second kappa shape index (κ2) is 9.84. The fourth-order valence-electron chi connectivity index (χ4n) is 1.60. The minimum absolute atomic E-state index is 0.0592. The van der Waals surface area contributed by atoms with Gasteiger partial charge in [-0.3, -0.25) is 4.79 Å². The lowest BCUT2D eigenvalue weighted by Gasteiger charge is -2.07. The maximum absolute atomic E-state index is 11.6. The van der Waals surface area contributed by atoms with E-state index in [-0.39, 0.29) is 5.78 Å². The quantitative estimate of drug-likeness (QED) is 0.599. The summed E-state index contributed by atoms with van der Waals surface area (Å²) in [6.45, 7) is 7.39. The Bertz CT molecular complexity index is 683. The van der Waals surface area contributed by atoms with Gasteiger partial charge in [0.05, 0.1) is 5.70 Å². The number of rotatable bonds is 5. The van der Waals surface area contributed by atoms with Gasteiger partial charge in [0.15, 0.2) is 5.78 Å². The van der Waals surface area contributed by atoms with E-state index in [2.05, 4.69) is 16.9 Å².